The van der Waals surface area contributed by atoms with E-state index in [1.54, 1.807) is 6.20 Å². The van der Waals surface area contributed by atoms with Crippen LogP contribution in [-0.4, -0.2) is 30.9 Å². The number of amides is 1. The predicted molar refractivity (Wildman–Crippen MR) is 99.5 cm³/mol. The number of nitrogens with one attached hydrogen (secondary N) is 1. The van der Waals surface area contributed by atoms with Gasteiger partial charge in [-0.2, -0.15) is 0 Å². The van der Waals surface area contributed by atoms with E-state index in [-0.39, 0.29) is 11.2 Å². The van der Waals surface area contributed by atoms with Crippen LogP contribution in [0.4, 0.5) is 5.13 Å². The van der Waals surface area contributed by atoms with Gasteiger partial charge in [-0.15, -0.1) is 21.5 Å². The molecule has 8 heteroatoms. The van der Waals surface area contributed by atoms with Gasteiger partial charge in [-0.1, -0.05) is 44.4 Å². The first-order valence-electron chi connectivity index (χ1n) is 8.37. The fraction of sp³-hybridized carbons (Fsp3) is 0.625. The molecule has 2 heterocycles. The number of carbonyl (C=O) groups is 1. The number of hydrogen-bond acceptors (Lipinski definition) is 6. The third-order valence-electron chi connectivity index (χ3n) is 3.74. The zero-order valence-electron chi connectivity index (χ0n) is 14.5. The quantitative estimate of drug-likeness (QED) is 0.509. The van der Waals surface area contributed by atoms with Crippen LogP contribution in [0.25, 0.3) is 0 Å². The number of thiazole rings is 1. The summed E-state index contributed by atoms with van der Waals surface area (Å²) < 4.78 is 2.00. The Morgan fingerprint density at radius 3 is 2.83 bits per heavy atom. The second kappa shape index (κ2) is 9.78. The van der Waals surface area contributed by atoms with Crippen molar-refractivity contribution in [2.45, 2.75) is 62.8 Å². The van der Waals surface area contributed by atoms with Crippen molar-refractivity contribution in [3.05, 3.63) is 17.4 Å². The van der Waals surface area contributed by atoms with E-state index in [0.717, 1.165) is 23.8 Å². The Balaban J connectivity index is 1.82. The van der Waals surface area contributed by atoms with E-state index in [0.29, 0.717) is 5.13 Å². The molecule has 2 aromatic rings. The Bertz CT molecular complexity index is 626. The average molecular weight is 368 g/mol. The Labute approximate surface area is 151 Å². The van der Waals surface area contributed by atoms with E-state index in [1.165, 1.54) is 48.8 Å². The third-order valence-corrected chi connectivity index (χ3v) is 5.57. The summed E-state index contributed by atoms with van der Waals surface area (Å²) in [6, 6.07) is 0. The maximum Gasteiger partial charge on any atom is 0.239 e. The number of aromatic nitrogens is 4. The van der Waals surface area contributed by atoms with Gasteiger partial charge in [-0.05, 0) is 13.3 Å². The zero-order valence-corrected chi connectivity index (χ0v) is 16.1. The van der Waals surface area contributed by atoms with Crippen LogP contribution >= 0.6 is 23.1 Å². The lowest BCUT2D eigenvalue weighted by atomic mass is 10.1. The first-order valence-corrected chi connectivity index (χ1v) is 10.1. The van der Waals surface area contributed by atoms with Gasteiger partial charge in [0.15, 0.2) is 10.3 Å². The van der Waals surface area contributed by atoms with Crippen molar-refractivity contribution in [1.29, 1.82) is 0 Å². The van der Waals surface area contributed by atoms with Gasteiger partial charge < -0.3 is 9.88 Å². The van der Waals surface area contributed by atoms with Crippen molar-refractivity contribution >= 4 is 34.1 Å². The smallest absolute Gasteiger partial charge is 0.239 e. The highest BCUT2D eigenvalue weighted by Crippen LogP contribution is 2.23. The Kier molecular flexibility index (Phi) is 7.71. The zero-order chi connectivity index (χ0) is 17.4. The number of anilines is 1. The summed E-state index contributed by atoms with van der Waals surface area (Å²) in [5, 5.41) is 14.3. The Morgan fingerprint density at radius 2 is 2.12 bits per heavy atom. The third kappa shape index (κ3) is 5.59. The number of rotatable bonds is 10. The Morgan fingerprint density at radius 1 is 1.33 bits per heavy atom. The molecule has 1 N–H and O–H groups in total. The van der Waals surface area contributed by atoms with Crippen molar-refractivity contribution < 1.29 is 4.79 Å². The summed E-state index contributed by atoms with van der Waals surface area (Å²) in [7, 11) is 1.97. The summed E-state index contributed by atoms with van der Waals surface area (Å²) in [6.07, 6.45) is 8.81. The van der Waals surface area contributed by atoms with E-state index in [4.69, 9.17) is 0 Å². The van der Waals surface area contributed by atoms with Crippen molar-refractivity contribution in [3.63, 3.8) is 0 Å². The lowest BCUT2D eigenvalue weighted by Gasteiger charge is -2.10. The van der Waals surface area contributed by atoms with Crippen molar-refractivity contribution in [2.75, 3.05) is 5.32 Å². The molecular formula is C16H25N5OS2. The molecule has 0 aliphatic carbocycles. The van der Waals surface area contributed by atoms with Gasteiger partial charge in [0.2, 0.25) is 5.91 Å². The van der Waals surface area contributed by atoms with Crippen LogP contribution in [0.15, 0.2) is 16.7 Å². The molecule has 24 heavy (non-hydrogen) atoms. The minimum Gasteiger partial charge on any atom is -0.309 e. The van der Waals surface area contributed by atoms with Crippen LogP contribution in [-0.2, 0) is 18.3 Å². The van der Waals surface area contributed by atoms with Crippen LogP contribution in [0.3, 0.4) is 0 Å². The highest BCUT2D eigenvalue weighted by molar-refractivity contribution is 8.00. The number of unbranched alkanes of at least 4 members (excludes halogenated alkanes) is 4. The number of thioether (sulfide) groups is 1. The monoisotopic (exact) mass is 367 g/mol. The van der Waals surface area contributed by atoms with Crippen LogP contribution in [0.2, 0.25) is 0 Å². The molecule has 2 rings (SSSR count). The average Bonchev–Trinajstić information content (AvgIpc) is 3.19. The van der Waals surface area contributed by atoms with Crippen LogP contribution in [0.5, 0.6) is 0 Å². The fourth-order valence-corrected chi connectivity index (χ4v) is 3.62. The summed E-state index contributed by atoms with van der Waals surface area (Å²) >= 11 is 2.83. The summed E-state index contributed by atoms with van der Waals surface area (Å²) in [4.78, 5) is 16.2. The Hall–Kier alpha value is -1.41. The molecule has 0 aromatic carbocycles. The van der Waals surface area contributed by atoms with Crippen molar-refractivity contribution in [3.8, 4) is 0 Å². The molecule has 0 unspecified atom stereocenters. The summed E-state index contributed by atoms with van der Waals surface area (Å²) in [5.41, 5.74) is 0. The molecule has 132 valence electrons. The van der Waals surface area contributed by atoms with Crippen LogP contribution < -0.4 is 5.32 Å². The summed E-state index contributed by atoms with van der Waals surface area (Å²) in [5.74, 6) is 0.917. The molecule has 0 saturated carbocycles. The van der Waals surface area contributed by atoms with E-state index in [2.05, 4.69) is 27.4 Å². The topological polar surface area (TPSA) is 72.7 Å². The van der Waals surface area contributed by atoms with Gasteiger partial charge in [0, 0.05) is 25.0 Å². The molecule has 1 amide bonds. The normalized spacial score (nSPS) is 12.3. The molecule has 1 atom stereocenters. The minimum atomic E-state index is -0.255. The van der Waals surface area contributed by atoms with Crippen molar-refractivity contribution in [2.24, 2.45) is 7.05 Å². The van der Waals surface area contributed by atoms with Gasteiger partial charge in [-0.3, -0.25) is 4.79 Å². The lowest BCUT2D eigenvalue weighted by Crippen LogP contribution is -2.22. The van der Waals surface area contributed by atoms with Gasteiger partial charge in [0.05, 0.1) is 5.25 Å². The maximum absolute atomic E-state index is 12.2. The molecule has 0 fully saturated rings. The van der Waals surface area contributed by atoms with E-state index in [1.807, 2.05) is 23.9 Å². The second-order valence-electron chi connectivity index (χ2n) is 5.71. The number of nitrogens with zero attached hydrogens (tertiary/aromatic N) is 4. The first-order chi connectivity index (χ1) is 11.6. The lowest BCUT2D eigenvalue weighted by molar-refractivity contribution is -0.115. The molecule has 0 radical (unpaired) electrons. The minimum absolute atomic E-state index is 0.0703. The molecule has 0 spiro atoms. The highest BCUT2D eigenvalue weighted by atomic mass is 32.2. The summed E-state index contributed by atoms with van der Waals surface area (Å²) in [6.45, 7) is 4.09. The molecule has 0 bridgehead atoms. The maximum atomic E-state index is 12.2. The fourth-order valence-electron chi connectivity index (χ4n) is 2.26. The van der Waals surface area contributed by atoms with Gasteiger partial charge in [-0.25, -0.2) is 4.98 Å². The van der Waals surface area contributed by atoms with Gasteiger partial charge >= 0.3 is 0 Å². The molecule has 6 nitrogen and oxygen atoms in total. The van der Waals surface area contributed by atoms with E-state index < -0.39 is 0 Å². The number of carbonyl (C=O) groups excluding carboxylic acids is 1. The number of hydrogen-bond donors (Lipinski definition) is 1. The second-order valence-corrected chi connectivity index (χ2v) is 7.91. The van der Waals surface area contributed by atoms with Crippen LogP contribution in [0, 0.1) is 0 Å². The largest absolute Gasteiger partial charge is 0.309 e. The molecule has 2 aromatic heterocycles. The molecular weight excluding hydrogens is 342 g/mol. The predicted octanol–water partition coefficient (Wildman–Crippen LogP) is 3.90. The highest BCUT2D eigenvalue weighted by Gasteiger charge is 2.19. The molecule has 0 aliphatic heterocycles. The first kappa shape index (κ1) is 18.9. The van der Waals surface area contributed by atoms with E-state index in [9.17, 15) is 4.79 Å². The van der Waals surface area contributed by atoms with Gasteiger partial charge in [0.1, 0.15) is 5.82 Å². The van der Waals surface area contributed by atoms with Gasteiger partial charge in [0.25, 0.3) is 0 Å². The van der Waals surface area contributed by atoms with Crippen LogP contribution in [0.1, 0.15) is 51.8 Å². The standard InChI is InChI=1S/C16H25N5OS2/c1-4-5-6-7-8-9-13-19-20-16(21(13)3)24-12(2)14(22)18-15-17-10-11-23-15/h10-12H,4-9H2,1-3H3,(H,17,18,22)/t12-/m1/s1. The number of aryl methyl sites for hydroxylation is 1. The molecule has 0 aliphatic rings. The van der Waals surface area contributed by atoms with E-state index >= 15 is 0 Å². The SMILES string of the molecule is CCCCCCCc1nnc(S[C@H](C)C(=O)Nc2nccs2)n1C. The van der Waals surface area contributed by atoms with Crippen molar-refractivity contribution in [1.82, 2.24) is 19.7 Å². The molecule has 0 saturated heterocycles.